The van der Waals surface area contributed by atoms with Gasteiger partial charge in [0.15, 0.2) is 17.9 Å². The predicted octanol–water partition coefficient (Wildman–Crippen LogP) is 2.54. The number of carbonyl (C=O) groups excluding carboxylic acids is 3. The van der Waals surface area contributed by atoms with Gasteiger partial charge >= 0.3 is 0 Å². The van der Waals surface area contributed by atoms with Crippen LogP contribution >= 0.6 is 0 Å². The van der Waals surface area contributed by atoms with Gasteiger partial charge in [0.25, 0.3) is 0 Å². The lowest BCUT2D eigenvalue weighted by atomic mass is 9.84. The van der Waals surface area contributed by atoms with E-state index in [1.165, 1.54) is 6.08 Å². The van der Waals surface area contributed by atoms with Crippen molar-refractivity contribution in [3.63, 3.8) is 0 Å². The van der Waals surface area contributed by atoms with Gasteiger partial charge in [-0.05, 0) is 17.7 Å². The van der Waals surface area contributed by atoms with E-state index in [1.807, 2.05) is 0 Å². The van der Waals surface area contributed by atoms with Gasteiger partial charge in [-0.3, -0.25) is 14.4 Å². The molecule has 0 fully saturated rings. The zero-order valence-electron chi connectivity index (χ0n) is 11.0. The molecule has 2 aromatic carbocycles. The highest BCUT2D eigenvalue weighted by Crippen LogP contribution is 2.31. The molecule has 0 spiro atoms. The quantitative estimate of drug-likeness (QED) is 0.676. The number of fused-ring (bicyclic) bond motifs is 1. The maximum absolute atomic E-state index is 12.6. The standard InChI is InChI=1S/C17H11NO3/c18-14-7-3-6-12-16(14)15(20)8-13(17(12)21)11-5-2-1-4-10(11)9-19/h1-9H,18H2. The molecule has 3 rings (SSSR count). The fraction of sp³-hybridized carbons (Fsp3) is 0. The van der Waals surface area contributed by atoms with E-state index in [0.29, 0.717) is 17.4 Å². The van der Waals surface area contributed by atoms with Crippen LogP contribution in [-0.2, 0) is 0 Å². The SMILES string of the molecule is Nc1cccc2c1C(=O)C=C(c1ccccc1C=O)C2=O. The van der Waals surface area contributed by atoms with Crippen molar-refractivity contribution in [1.29, 1.82) is 0 Å². The Bertz CT molecular complexity index is 819. The number of anilines is 1. The predicted molar refractivity (Wildman–Crippen MR) is 79.3 cm³/mol. The van der Waals surface area contributed by atoms with Gasteiger partial charge in [-0.25, -0.2) is 0 Å². The van der Waals surface area contributed by atoms with Crippen molar-refractivity contribution < 1.29 is 14.4 Å². The summed E-state index contributed by atoms with van der Waals surface area (Å²) in [5.74, 6) is -0.621. The zero-order chi connectivity index (χ0) is 15.0. The lowest BCUT2D eigenvalue weighted by Gasteiger charge is -2.17. The molecule has 4 heteroatoms. The van der Waals surface area contributed by atoms with Crippen LogP contribution in [0.15, 0.2) is 48.5 Å². The topological polar surface area (TPSA) is 77.2 Å². The van der Waals surface area contributed by atoms with E-state index < -0.39 is 0 Å². The number of carbonyl (C=O) groups is 3. The maximum atomic E-state index is 12.6. The molecule has 0 bridgehead atoms. The van der Waals surface area contributed by atoms with Crippen molar-refractivity contribution in [1.82, 2.24) is 0 Å². The van der Waals surface area contributed by atoms with Gasteiger partial charge in [0.1, 0.15) is 0 Å². The van der Waals surface area contributed by atoms with E-state index in [0.717, 1.165) is 0 Å². The van der Waals surface area contributed by atoms with E-state index in [-0.39, 0.29) is 34.0 Å². The zero-order valence-corrected chi connectivity index (χ0v) is 11.0. The molecular formula is C17H11NO3. The number of nitrogen functional groups attached to an aromatic ring is 1. The number of rotatable bonds is 2. The Kier molecular flexibility index (Phi) is 2.99. The average Bonchev–Trinajstić information content (AvgIpc) is 2.50. The Morgan fingerprint density at radius 1 is 0.905 bits per heavy atom. The smallest absolute Gasteiger partial charge is 0.194 e. The molecule has 4 nitrogen and oxygen atoms in total. The molecule has 0 saturated carbocycles. The fourth-order valence-electron chi connectivity index (χ4n) is 2.49. The van der Waals surface area contributed by atoms with Crippen molar-refractivity contribution in [3.8, 4) is 0 Å². The summed E-state index contributed by atoms with van der Waals surface area (Å²) in [4.78, 5) is 35.9. The third kappa shape index (κ3) is 1.97. The Balaban J connectivity index is 2.22. The van der Waals surface area contributed by atoms with Crippen LogP contribution in [-0.4, -0.2) is 17.9 Å². The second kappa shape index (κ2) is 4.83. The molecule has 1 aliphatic rings. The summed E-state index contributed by atoms with van der Waals surface area (Å²) in [6.07, 6.45) is 1.92. The molecule has 0 radical (unpaired) electrons. The molecule has 2 aromatic rings. The molecule has 102 valence electrons. The molecule has 0 aliphatic heterocycles. The van der Waals surface area contributed by atoms with Crippen molar-refractivity contribution in [2.45, 2.75) is 0 Å². The average molecular weight is 277 g/mol. The number of allylic oxidation sites excluding steroid dienone is 2. The van der Waals surface area contributed by atoms with Crippen molar-refractivity contribution in [2.24, 2.45) is 0 Å². The molecular weight excluding hydrogens is 266 g/mol. The molecule has 0 heterocycles. The number of aldehydes is 1. The van der Waals surface area contributed by atoms with Crippen molar-refractivity contribution in [2.75, 3.05) is 5.73 Å². The Hall–Kier alpha value is -3.01. The summed E-state index contributed by atoms with van der Waals surface area (Å²) < 4.78 is 0. The van der Waals surface area contributed by atoms with Gasteiger partial charge in [0, 0.05) is 22.4 Å². The summed E-state index contributed by atoms with van der Waals surface area (Å²) in [6, 6.07) is 11.5. The van der Waals surface area contributed by atoms with E-state index in [1.54, 1.807) is 42.5 Å². The second-order valence-electron chi connectivity index (χ2n) is 4.73. The van der Waals surface area contributed by atoms with Gasteiger partial charge < -0.3 is 5.73 Å². The minimum absolute atomic E-state index is 0.223. The van der Waals surface area contributed by atoms with Gasteiger partial charge in [-0.1, -0.05) is 36.4 Å². The van der Waals surface area contributed by atoms with Gasteiger partial charge in [0.05, 0.1) is 5.56 Å². The third-order valence-electron chi connectivity index (χ3n) is 3.49. The first-order valence-electron chi connectivity index (χ1n) is 6.37. The highest BCUT2D eigenvalue weighted by molar-refractivity contribution is 6.40. The van der Waals surface area contributed by atoms with Crippen LogP contribution in [0, 0.1) is 0 Å². The van der Waals surface area contributed by atoms with E-state index in [9.17, 15) is 14.4 Å². The Morgan fingerprint density at radius 3 is 2.38 bits per heavy atom. The number of ketones is 2. The molecule has 0 amide bonds. The third-order valence-corrected chi connectivity index (χ3v) is 3.49. The summed E-state index contributed by atoms with van der Waals surface area (Å²) >= 11 is 0. The fourth-order valence-corrected chi connectivity index (χ4v) is 2.49. The van der Waals surface area contributed by atoms with E-state index in [2.05, 4.69) is 0 Å². The van der Waals surface area contributed by atoms with Crippen LogP contribution in [0.2, 0.25) is 0 Å². The van der Waals surface area contributed by atoms with Gasteiger partial charge in [-0.2, -0.15) is 0 Å². The highest BCUT2D eigenvalue weighted by Gasteiger charge is 2.28. The molecule has 1 aliphatic carbocycles. The van der Waals surface area contributed by atoms with Crippen LogP contribution in [0.4, 0.5) is 5.69 Å². The van der Waals surface area contributed by atoms with Gasteiger partial charge in [-0.15, -0.1) is 0 Å². The van der Waals surface area contributed by atoms with Crippen LogP contribution in [0.3, 0.4) is 0 Å². The molecule has 21 heavy (non-hydrogen) atoms. The van der Waals surface area contributed by atoms with Crippen LogP contribution < -0.4 is 5.73 Å². The number of hydrogen-bond acceptors (Lipinski definition) is 4. The summed E-state index contributed by atoms with van der Waals surface area (Å²) in [5.41, 5.74) is 7.62. The highest BCUT2D eigenvalue weighted by atomic mass is 16.1. The number of benzene rings is 2. The van der Waals surface area contributed by atoms with Crippen molar-refractivity contribution in [3.05, 3.63) is 70.8 Å². The van der Waals surface area contributed by atoms with Crippen LogP contribution in [0.25, 0.3) is 5.57 Å². The number of nitrogens with two attached hydrogens (primary N) is 1. The van der Waals surface area contributed by atoms with E-state index >= 15 is 0 Å². The maximum Gasteiger partial charge on any atom is 0.194 e. The molecule has 2 N–H and O–H groups in total. The molecule has 0 unspecified atom stereocenters. The molecule has 0 saturated heterocycles. The van der Waals surface area contributed by atoms with Gasteiger partial charge in [0.2, 0.25) is 0 Å². The summed E-state index contributed by atoms with van der Waals surface area (Å²) in [6.45, 7) is 0. The first-order chi connectivity index (χ1) is 10.1. The Labute approximate surface area is 120 Å². The molecule has 0 aromatic heterocycles. The minimum atomic E-state index is -0.321. The van der Waals surface area contributed by atoms with Crippen LogP contribution in [0.5, 0.6) is 0 Å². The first-order valence-corrected chi connectivity index (χ1v) is 6.37. The summed E-state index contributed by atoms with van der Waals surface area (Å²) in [5, 5.41) is 0. The van der Waals surface area contributed by atoms with Crippen molar-refractivity contribution >= 4 is 29.1 Å². The normalized spacial score (nSPS) is 13.6. The molecule has 0 atom stereocenters. The Morgan fingerprint density at radius 2 is 1.62 bits per heavy atom. The lowest BCUT2D eigenvalue weighted by molar-refractivity contribution is 0.100. The van der Waals surface area contributed by atoms with E-state index in [4.69, 9.17) is 5.73 Å². The van der Waals surface area contributed by atoms with Crippen LogP contribution in [0.1, 0.15) is 36.6 Å². The largest absolute Gasteiger partial charge is 0.398 e. The number of hydrogen-bond donors (Lipinski definition) is 1. The monoisotopic (exact) mass is 277 g/mol. The first kappa shape index (κ1) is 13.0. The minimum Gasteiger partial charge on any atom is -0.398 e. The second-order valence-corrected chi connectivity index (χ2v) is 4.73. The lowest BCUT2D eigenvalue weighted by Crippen LogP contribution is -2.18. The summed E-state index contributed by atoms with van der Waals surface area (Å²) in [7, 11) is 0. The number of Topliss-reactive ketones (excluding diaryl/α,β-unsaturated/α-hetero) is 1.